The van der Waals surface area contributed by atoms with Crippen LogP contribution in [-0.4, -0.2) is 49.7 Å². The highest BCUT2D eigenvalue weighted by atomic mass is 32.2. The Kier molecular flexibility index (Phi) is 5.02. The van der Waals surface area contributed by atoms with Crippen LogP contribution in [0.2, 0.25) is 0 Å². The van der Waals surface area contributed by atoms with E-state index in [1.54, 1.807) is 28.6 Å². The van der Waals surface area contributed by atoms with Gasteiger partial charge in [-0.1, -0.05) is 48.5 Å². The zero-order chi connectivity index (χ0) is 18.9. The molecular formula is C21H24N2O3S. The maximum atomic E-state index is 12.8. The van der Waals surface area contributed by atoms with Gasteiger partial charge in [0.1, 0.15) is 0 Å². The number of carbonyl (C=O) groups excluding carboxylic acids is 1. The molecule has 0 spiro atoms. The maximum absolute atomic E-state index is 12.8. The van der Waals surface area contributed by atoms with Crippen molar-refractivity contribution in [3.63, 3.8) is 0 Å². The summed E-state index contributed by atoms with van der Waals surface area (Å²) >= 11 is 0. The van der Waals surface area contributed by atoms with Crippen molar-refractivity contribution in [3.8, 4) is 0 Å². The highest BCUT2D eigenvalue weighted by Crippen LogP contribution is 2.34. The molecule has 0 radical (unpaired) electrons. The van der Waals surface area contributed by atoms with Gasteiger partial charge in [0, 0.05) is 32.6 Å². The van der Waals surface area contributed by atoms with Gasteiger partial charge in [-0.3, -0.25) is 4.79 Å². The summed E-state index contributed by atoms with van der Waals surface area (Å²) in [5.41, 5.74) is 1.17. The summed E-state index contributed by atoms with van der Waals surface area (Å²) in [6.45, 7) is 2.34. The van der Waals surface area contributed by atoms with Crippen LogP contribution in [0.3, 0.4) is 0 Å². The summed E-state index contributed by atoms with van der Waals surface area (Å²) in [7, 11) is -3.43. The number of fused-ring (bicyclic) bond motifs is 1. The molecule has 27 heavy (non-hydrogen) atoms. The predicted molar refractivity (Wildman–Crippen MR) is 104 cm³/mol. The molecule has 0 aliphatic carbocycles. The van der Waals surface area contributed by atoms with E-state index in [1.165, 1.54) is 5.56 Å². The molecule has 1 amide bonds. The van der Waals surface area contributed by atoms with Gasteiger partial charge in [-0.15, -0.1) is 0 Å². The van der Waals surface area contributed by atoms with Crippen molar-refractivity contribution >= 4 is 15.9 Å². The molecule has 2 atom stereocenters. The molecule has 2 heterocycles. The van der Waals surface area contributed by atoms with Crippen molar-refractivity contribution in [2.24, 2.45) is 11.8 Å². The SMILES string of the molecule is O=C(CCc1ccccc1)N1C[C@@H]2CN(S(=O)(=O)c3ccccc3)C[C@@H]2C1. The average Bonchev–Trinajstić information content (AvgIpc) is 3.27. The van der Waals surface area contributed by atoms with E-state index in [9.17, 15) is 13.2 Å². The first kappa shape index (κ1) is 18.2. The molecule has 2 aliphatic heterocycles. The van der Waals surface area contributed by atoms with Gasteiger partial charge in [0.15, 0.2) is 0 Å². The minimum absolute atomic E-state index is 0.172. The van der Waals surface area contributed by atoms with E-state index in [1.807, 2.05) is 41.3 Å². The lowest BCUT2D eigenvalue weighted by Crippen LogP contribution is -2.35. The second kappa shape index (κ2) is 7.44. The minimum Gasteiger partial charge on any atom is -0.342 e. The van der Waals surface area contributed by atoms with E-state index in [-0.39, 0.29) is 17.7 Å². The van der Waals surface area contributed by atoms with Crippen LogP contribution in [0.25, 0.3) is 0 Å². The van der Waals surface area contributed by atoms with Crippen LogP contribution in [-0.2, 0) is 21.2 Å². The third-order valence-electron chi connectivity index (χ3n) is 5.66. The highest BCUT2D eigenvalue weighted by molar-refractivity contribution is 7.89. The largest absolute Gasteiger partial charge is 0.342 e. The molecule has 2 saturated heterocycles. The number of hydrogen-bond acceptors (Lipinski definition) is 3. The van der Waals surface area contributed by atoms with E-state index in [0.717, 1.165) is 6.42 Å². The van der Waals surface area contributed by atoms with E-state index in [0.29, 0.717) is 37.5 Å². The fourth-order valence-corrected chi connectivity index (χ4v) is 5.72. The number of benzene rings is 2. The Morgan fingerprint density at radius 1 is 0.852 bits per heavy atom. The molecule has 142 valence electrons. The first-order chi connectivity index (χ1) is 13.0. The summed E-state index contributed by atoms with van der Waals surface area (Å²) < 4.78 is 27.2. The fourth-order valence-electron chi connectivity index (χ4n) is 4.15. The Morgan fingerprint density at radius 2 is 1.41 bits per heavy atom. The lowest BCUT2D eigenvalue weighted by atomic mass is 10.0. The predicted octanol–water partition coefficient (Wildman–Crippen LogP) is 2.40. The number of sulfonamides is 1. The minimum atomic E-state index is -3.43. The first-order valence-electron chi connectivity index (χ1n) is 9.41. The number of carbonyl (C=O) groups is 1. The van der Waals surface area contributed by atoms with Crippen molar-refractivity contribution in [1.82, 2.24) is 9.21 Å². The van der Waals surface area contributed by atoms with Crippen LogP contribution in [0.1, 0.15) is 12.0 Å². The number of aryl methyl sites for hydroxylation is 1. The van der Waals surface area contributed by atoms with E-state index >= 15 is 0 Å². The number of rotatable bonds is 5. The maximum Gasteiger partial charge on any atom is 0.243 e. The Labute approximate surface area is 160 Å². The first-order valence-corrected chi connectivity index (χ1v) is 10.8. The molecule has 0 bridgehead atoms. The Balaban J connectivity index is 1.34. The monoisotopic (exact) mass is 384 g/mol. The zero-order valence-electron chi connectivity index (χ0n) is 15.2. The molecule has 0 aromatic heterocycles. The number of likely N-dealkylation sites (tertiary alicyclic amines) is 1. The van der Waals surface area contributed by atoms with E-state index < -0.39 is 10.0 Å². The molecule has 2 aromatic rings. The van der Waals surface area contributed by atoms with E-state index in [4.69, 9.17) is 0 Å². The lowest BCUT2D eigenvalue weighted by molar-refractivity contribution is -0.130. The van der Waals surface area contributed by atoms with Crippen molar-refractivity contribution in [2.45, 2.75) is 17.7 Å². The van der Waals surface area contributed by atoms with Crippen LogP contribution >= 0.6 is 0 Å². The highest BCUT2D eigenvalue weighted by Gasteiger charge is 2.45. The topological polar surface area (TPSA) is 57.7 Å². The fraction of sp³-hybridized carbons (Fsp3) is 0.381. The molecule has 6 heteroatoms. The lowest BCUT2D eigenvalue weighted by Gasteiger charge is -2.21. The van der Waals surface area contributed by atoms with Gasteiger partial charge in [-0.05, 0) is 36.0 Å². The van der Waals surface area contributed by atoms with E-state index in [2.05, 4.69) is 0 Å². The van der Waals surface area contributed by atoms with Crippen molar-refractivity contribution in [1.29, 1.82) is 0 Å². The summed E-state index contributed by atoms with van der Waals surface area (Å²) in [6.07, 6.45) is 1.26. The zero-order valence-corrected chi connectivity index (χ0v) is 16.0. The molecule has 4 rings (SSSR count). The molecule has 5 nitrogen and oxygen atoms in total. The van der Waals surface area contributed by atoms with Gasteiger partial charge in [-0.2, -0.15) is 4.31 Å². The number of amides is 1. The van der Waals surface area contributed by atoms with Crippen molar-refractivity contribution in [2.75, 3.05) is 26.2 Å². The van der Waals surface area contributed by atoms with Gasteiger partial charge in [0.25, 0.3) is 0 Å². The molecule has 2 aliphatic rings. The van der Waals surface area contributed by atoms with Gasteiger partial charge < -0.3 is 4.90 Å². The molecule has 2 fully saturated rings. The summed E-state index contributed by atoms with van der Waals surface area (Å²) in [5.74, 6) is 0.652. The van der Waals surface area contributed by atoms with Gasteiger partial charge in [-0.25, -0.2) is 8.42 Å². The van der Waals surface area contributed by atoms with Crippen LogP contribution in [0, 0.1) is 11.8 Å². The second-order valence-electron chi connectivity index (χ2n) is 7.44. The Hall–Kier alpha value is -2.18. The molecule has 0 saturated carbocycles. The van der Waals surface area contributed by atoms with Gasteiger partial charge in [0.05, 0.1) is 4.90 Å². The smallest absolute Gasteiger partial charge is 0.243 e. The van der Waals surface area contributed by atoms with Crippen LogP contribution in [0.5, 0.6) is 0 Å². The molecule has 2 aromatic carbocycles. The number of hydrogen-bond donors (Lipinski definition) is 0. The standard InChI is InChI=1S/C21H24N2O3S/c24-21(12-11-17-7-3-1-4-8-17)22-13-18-15-23(16-19(18)14-22)27(25,26)20-9-5-2-6-10-20/h1-10,18-19H,11-16H2/t18-,19+. The number of nitrogens with zero attached hydrogens (tertiary/aromatic N) is 2. The molecule has 0 unspecified atom stereocenters. The van der Waals surface area contributed by atoms with Crippen LogP contribution < -0.4 is 0 Å². The summed E-state index contributed by atoms with van der Waals surface area (Å²) in [4.78, 5) is 14.8. The molecule has 0 N–H and O–H groups in total. The third kappa shape index (κ3) is 3.77. The van der Waals surface area contributed by atoms with Gasteiger partial charge in [0.2, 0.25) is 15.9 Å². The molecular weight excluding hydrogens is 360 g/mol. The quantitative estimate of drug-likeness (QED) is 0.795. The Bertz CT molecular complexity index is 886. The summed E-state index contributed by atoms with van der Waals surface area (Å²) in [6, 6.07) is 18.6. The van der Waals surface area contributed by atoms with Crippen LogP contribution in [0.4, 0.5) is 0 Å². The second-order valence-corrected chi connectivity index (χ2v) is 9.38. The van der Waals surface area contributed by atoms with Gasteiger partial charge >= 0.3 is 0 Å². The average molecular weight is 385 g/mol. The normalized spacial score (nSPS) is 22.7. The summed E-state index contributed by atoms with van der Waals surface area (Å²) in [5, 5.41) is 0. The van der Waals surface area contributed by atoms with Crippen molar-refractivity contribution in [3.05, 3.63) is 66.2 Å². The van der Waals surface area contributed by atoms with Crippen molar-refractivity contribution < 1.29 is 13.2 Å². The third-order valence-corrected chi connectivity index (χ3v) is 7.50. The Morgan fingerprint density at radius 3 is 2.00 bits per heavy atom. The van der Waals surface area contributed by atoms with Crippen LogP contribution in [0.15, 0.2) is 65.6 Å².